The molecule has 2 N–H and O–H groups in total. The van der Waals surface area contributed by atoms with Crippen LogP contribution in [0.2, 0.25) is 0 Å². The SMILES string of the molecule is O=C(NC(CCO)C1CC1)c1cc(Br)ccc1F. The molecule has 3 nitrogen and oxygen atoms in total. The van der Waals surface area contributed by atoms with E-state index in [1.807, 2.05) is 0 Å². The Kier molecular flexibility index (Phi) is 4.35. The Hall–Kier alpha value is -0.940. The molecule has 1 amide bonds. The van der Waals surface area contributed by atoms with E-state index in [9.17, 15) is 9.18 Å². The molecular formula is C13H15BrFNO2. The minimum Gasteiger partial charge on any atom is -0.396 e. The Balaban J connectivity index is 2.07. The zero-order valence-corrected chi connectivity index (χ0v) is 11.4. The Morgan fingerprint density at radius 1 is 1.56 bits per heavy atom. The van der Waals surface area contributed by atoms with Gasteiger partial charge in [0.25, 0.3) is 5.91 Å². The first-order chi connectivity index (χ1) is 8.61. The van der Waals surface area contributed by atoms with Gasteiger partial charge in [-0.05, 0) is 43.4 Å². The van der Waals surface area contributed by atoms with Crippen molar-refractivity contribution in [2.75, 3.05) is 6.61 Å². The van der Waals surface area contributed by atoms with E-state index in [1.54, 1.807) is 6.07 Å². The summed E-state index contributed by atoms with van der Waals surface area (Å²) in [5.41, 5.74) is 0.0352. The van der Waals surface area contributed by atoms with Gasteiger partial charge in [-0.2, -0.15) is 0 Å². The van der Waals surface area contributed by atoms with Crippen molar-refractivity contribution in [2.45, 2.75) is 25.3 Å². The highest BCUT2D eigenvalue weighted by atomic mass is 79.9. The van der Waals surface area contributed by atoms with Gasteiger partial charge in [-0.1, -0.05) is 15.9 Å². The van der Waals surface area contributed by atoms with Gasteiger partial charge in [-0.25, -0.2) is 4.39 Å². The molecule has 0 aliphatic heterocycles. The van der Waals surface area contributed by atoms with Gasteiger partial charge in [-0.3, -0.25) is 4.79 Å². The van der Waals surface area contributed by atoms with Crippen molar-refractivity contribution < 1.29 is 14.3 Å². The first kappa shape index (κ1) is 13.5. The minimum atomic E-state index is -0.533. The van der Waals surface area contributed by atoms with Crippen LogP contribution in [0.4, 0.5) is 4.39 Å². The molecule has 1 unspecified atom stereocenters. The number of aliphatic hydroxyl groups excluding tert-OH is 1. The molecule has 1 aliphatic rings. The fourth-order valence-corrected chi connectivity index (χ4v) is 2.34. The summed E-state index contributed by atoms with van der Waals surface area (Å²) in [6.45, 7) is 0.0302. The maximum absolute atomic E-state index is 13.5. The van der Waals surface area contributed by atoms with Gasteiger partial charge in [0, 0.05) is 17.1 Å². The van der Waals surface area contributed by atoms with Crippen LogP contribution in [0.3, 0.4) is 0 Å². The van der Waals surface area contributed by atoms with Crippen LogP contribution in [0.25, 0.3) is 0 Å². The average Bonchev–Trinajstić information content (AvgIpc) is 3.15. The average molecular weight is 316 g/mol. The topological polar surface area (TPSA) is 49.3 Å². The molecule has 0 aromatic heterocycles. The van der Waals surface area contributed by atoms with E-state index in [4.69, 9.17) is 5.11 Å². The van der Waals surface area contributed by atoms with Gasteiger partial charge < -0.3 is 10.4 Å². The number of rotatable bonds is 5. The molecule has 0 bridgehead atoms. The van der Waals surface area contributed by atoms with Crippen molar-refractivity contribution in [2.24, 2.45) is 5.92 Å². The second-order valence-corrected chi connectivity index (χ2v) is 5.47. The Morgan fingerprint density at radius 3 is 2.89 bits per heavy atom. The molecule has 0 spiro atoms. The number of amides is 1. The van der Waals surface area contributed by atoms with Crippen LogP contribution in [0, 0.1) is 11.7 Å². The van der Waals surface area contributed by atoms with E-state index in [-0.39, 0.29) is 18.2 Å². The minimum absolute atomic E-state index is 0.0302. The number of carbonyl (C=O) groups is 1. The van der Waals surface area contributed by atoms with E-state index < -0.39 is 11.7 Å². The predicted molar refractivity (Wildman–Crippen MR) is 69.8 cm³/mol. The zero-order valence-electron chi connectivity index (χ0n) is 9.83. The molecule has 2 rings (SSSR count). The lowest BCUT2D eigenvalue weighted by molar-refractivity contribution is 0.0920. The number of aliphatic hydroxyl groups is 1. The molecule has 1 aromatic carbocycles. The number of carbonyl (C=O) groups excluding carboxylic acids is 1. The maximum Gasteiger partial charge on any atom is 0.254 e. The quantitative estimate of drug-likeness (QED) is 0.877. The van der Waals surface area contributed by atoms with Crippen LogP contribution in [0.5, 0.6) is 0 Å². The third-order valence-electron chi connectivity index (χ3n) is 3.12. The lowest BCUT2D eigenvalue weighted by Crippen LogP contribution is -2.37. The van der Waals surface area contributed by atoms with Gasteiger partial charge in [-0.15, -0.1) is 0 Å². The molecule has 1 saturated carbocycles. The molecule has 1 aromatic rings. The highest BCUT2D eigenvalue weighted by molar-refractivity contribution is 9.10. The van der Waals surface area contributed by atoms with Crippen molar-refractivity contribution >= 4 is 21.8 Å². The first-order valence-electron chi connectivity index (χ1n) is 5.98. The summed E-state index contributed by atoms with van der Waals surface area (Å²) in [7, 11) is 0. The summed E-state index contributed by atoms with van der Waals surface area (Å²) in [5.74, 6) is -0.523. The fraction of sp³-hybridized carbons (Fsp3) is 0.462. The normalized spacial score (nSPS) is 16.4. The van der Waals surface area contributed by atoms with Crippen molar-refractivity contribution in [3.63, 3.8) is 0 Å². The van der Waals surface area contributed by atoms with Crippen LogP contribution < -0.4 is 5.32 Å². The van der Waals surface area contributed by atoms with Crippen molar-refractivity contribution in [3.8, 4) is 0 Å². The number of benzene rings is 1. The van der Waals surface area contributed by atoms with Gasteiger partial charge in [0.15, 0.2) is 0 Å². The molecule has 18 heavy (non-hydrogen) atoms. The molecule has 1 atom stereocenters. The summed E-state index contributed by atoms with van der Waals surface area (Å²) < 4.78 is 14.2. The fourth-order valence-electron chi connectivity index (χ4n) is 1.98. The lowest BCUT2D eigenvalue weighted by atomic mass is 10.1. The maximum atomic E-state index is 13.5. The van der Waals surface area contributed by atoms with E-state index in [1.165, 1.54) is 12.1 Å². The summed E-state index contributed by atoms with van der Waals surface area (Å²) in [6, 6.07) is 4.23. The van der Waals surface area contributed by atoms with E-state index in [2.05, 4.69) is 21.2 Å². The summed E-state index contributed by atoms with van der Waals surface area (Å²) in [5, 5.41) is 11.8. The lowest BCUT2D eigenvalue weighted by Gasteiger charge is -2.17. The monoisotopic (exact) mass is 315 g/mol. The molecule has 0 heterocycles. The summed E-state index contributed by atoms with van der Waals surface area (Å²) in [6.07, 6.45) is 2.64. The highest BCUT2D eigenvalue weighted by Gasteiger charge is 2.32. The number of hydrogen-bond donors (Lipinski definition) is 2. The predicted octanol–water partition coefficient (Wildman–Crippen LogP) is 2.48. The van der Waals surface area contributed by atoms with E-state index in [0.717, 1.165) is 12.8 Å². The molecule has 0 radical (unpaired) electrons. The summed E-state index contributed by atoms with van der Waals surface area (Å²) >= 11 is 3.22. The van der Waals surface area contributed by atoms with Crippen LogP contribution in [-0.2, 0) is 0 Å². The second kappa shape index (κ2) is 5.80. The molecule has 0 saturated heterocycles. The molecular weight excluding hydrogens is 301 g/mol. The number of halogens is 2. The Bertz CT molecular complexity index is 449. The van der Waals surface area contributed by atoms with Crippen molar-refractivity contribution in [1.82, 2.24) is 5.32 Å². The smallest absolute Gasteiger partial charge is 0.254 e. The van der Waals surface area contributed by atoms with Crippen LogP contribution in [0.1, 0.15) is 29.6 Å². The third kappa shape index (κ3) is 3.29. The van der Waals surface area contributed by atoms with E-state index in [0.29, 0.717) is 16.8 Å². The molecule has 1 aliphatic carbocycles. The summed E-state index contributed by atoms with van der Waals surface area (Å²) in [4.78, 5) is 12.0. The van der Waals surface area contributed by atoms with Gasteiger partial charge >= 0.3 is 0 Å². The molecule has 98 valence electrons. The molecule has 5 heteroatoms. The Morgan fingerprint density at radius 2 is 2.28 bits per heavy atom. The number of hydrogen-bond acceptors (Lipinski definition) is 2. The van der Waals surface area contributed by atoms with Crippen molar-refractivity contribution in [3.05, 3.63) is 34.1 Å². The van der Waals surface area contributed by atoms with Crippen molar-refractivity contribution in [1.29, 1.82) is 0 Å². The van der Waals surface area contributed by atoms with Crippen LogP contribution >= 0.6 is 15.9 Å². The van der Waals surface area contributed by atoms with Gasteiger partial charge in [0.2, 0.25) is 0 Å². The van der Waals surface area contributed by atoms with Gasteiger partial charge in [0.1, 0.15) is 5.82 Å². The van der Waals surface area contributed by atoms with Crippen LogP contribution in [-0.4, -0.2) is 23.7 Å². The third-order valence-corrected chi connectivity index (χ3v) is 3.61. The largest absolute Gasteiger partial charge is 0.396 e. The first-order valence-corrected chi connectivity index (χ1v) is 6.78. The van der Waals surface area contributed by atoms with E-state index >= 15 is 0 Å². The molecule has 1 fully saturated rings. The zero-order chi connectivity index (χ0) is 13.1. The number of nitrogens with one attached hydrogen (secondary N) is 1. The van der Waals surface area contributed by atoms with Crippen LogP contribution in [0.15, 0.2) is 22.7 Å². The van der Waals surface area contributed by atoms with Gasteiger partial charge in [0.05, 0.1) is 5.56 Å². The highest BCUT2D eigenvalue weighted by Crippen LogP contribution is 2.34. The standard InChI is InChI=1S/C13H15BrFNO2/c14-9-3-4-11(15)10(7-9)13(18)16-12(5-6-17)8-1-2-8/h3-4,7-8,12,17H,1-2,5-6H2,(H,16,18). The Labute approximate surface area is 114 Å². The second-order valence-electron chi connectivity index (χ2n) is 4.55.